The zero-order valence-corrected chi connectivity index (χ0v) is 8.44. The Hall–Kier alpha value is -1.51. The lowest BCUT2D eigenvalue weighted by molar-refractivity contribution is 1.21. The molecule has 0 aliphatic carbocycles. The summed E-state index contributed by atoms with van der Waals surface area (Å²) in [4.78, 5) is 6.62. The molecule has 1 aromatic heterocycles. The third kappa shape index (κ3) is 3.09. The maximum absolute atomic E-state index is 8.05. The molecule has 0 spiro atoms. The largest absolute Gasteiger partial charge is 0.244 e. The number of nitrogens with zero attached hydrogens (tertiary/aromatic N) is 4. The van der Waals surface area contributed by atoms with E-state index in [1.54, 1.807) is 18.3 Å². The van der Waals surface area contributed by atoms with Crippen LogP contribution >= 0.6 is 11.6 Å². The highest BCUT2D eigenvalue weighted by molar-refractivity contribution is 6.30. The number of aromatic nitrogens is 1. The Morgan fingerprint density at radius 2 is 2.50 bits per heavy atom. The number of halogens is 1. The van der Waals surface area contributed by atoms with Gasteiger partial charge in [-0.1, -0.05) is 28.9 Å². The Bertz CT molecular complexity index is 394. The second-order valence-electron chi connectivity index (χ2n) is 2.71. The Balaban J connectivity index is 2.79. The third-order valence-corrected chi connectivity index (χ3v) is 1.87. The van der Waals surface area contributed by atoms with Gasteiger partial charge in [-0.2, -0.15) is 0 Å². The van der Waals surface area contributed by atoms with Crippen molar-refractivity contribution in [2.24, 2.45) is 5.11 Å². The number of aryl methyl sites for hydroxylation is 1. The molecule has 0 aliphatic heterocycles. The van der Waals surface area contributed by atoms with Crippen molar-refractivity contribution in [3.8, 4) is 0 Å². The summed E-state index contributed by atoms with van der Waals surface area (Å²) in [7, 11) is 0. The second kappa shape index (κ2) is 5.27. The third-order valence-electron chi connectivity index (χ3n) is 1.55. The Morgan fingerprint density at radius 1 is 1.71 bits per heavy atom. The van der Waals surface area contributed by atoms with Crippen LogP contribution in [0, 0.1) is 6.92 Å². The summed E-state index contributed by atoms with van der Waals surface area (Å²) in [6, 6.07) is 1.92. The van der Waals surface area contributed by atoms with Crippen LogP contribution in [0.3, 0.4) is 0 Å². The van der Waals surface area contributed by atoms with Crippen LogP contribution in [0.5, 0.6) is 0 Å². The van der Waals surface area contributed by atoms with Crippen LogP contribution in [-0.4, -0.2) is 11.5 Å². The molecular weight excluding hydrogens is 200 g/mol. The van der Waals surface area contributed by atoms with Gasteiger partial charge in [0, 0.05) is 23.2 Å². The van der Waals surface area contributed by atoms with E-state index in [9.17, 15) is 0 Å². The van der Waals surface area contributed by atoms with Gasteiger partial charge in [-0.25, -0.2) is 4.98 Å². The van der Waals surface area contributed by atoms with E-state index in [4.69, 9.17) is 17.1 Å². The average Bonchev–Trinajstić information content (AvgIpc) is 2.18. The molecule has 14 heavy (non-hydrogen) atoms. The molecule has 1 aromatic rings. The van der Waals surface area contributed by atoms with Crippen molar-refractivity contribution in [2.75, 3.05) is 6.54 Å². The van der Waals surface area contributed by atoms with Crippen molar-refractivity contribution < 1.29 is 0 Å². The lowest BCUT2D eigenvalue weighted by Crippen LogP contribution is -1.83. The Morgan fingerprint density at radius 3 is 3.21 bits per heavy atom. The van der Waals surface area contributed by atoms with Crippen LogP contribution in [-0.2, 0) is 0 Å². The van der Waals surface area contributed by atoms with Gasteiger partial charge in [-0.05, 0) is 24.1 Å². The van der Waals surface area contributed by atoms with E-state index in [1.165, 1.54) is 0 Å². The number of hydrogen-bond donors (Lipinski definition) is 0. The first-order chi connectivity index (χ1) is 6.74. The number of hydrogen-bond acceptors (Lipinski definition) is 2. The van der Waals surface area contributed by atoms with E-state index < -0.39 is 0 Å². The zero-order chi connectivity index (χ0) is 10.4. The van der Waals surface area contributed by atoms with Crippen LogP contribution in [0.1, 0.15) is 11.1 Å². The van der Waals surface area contributed by atoms with Crippen LogP contribution in [0.15, 0.2) is 23.5 Å². The van der Waals surface area contributed by atoms with Crippen molar-refractivity contribution in [1.82, 2.24) is 4.98 Å². The summed E-state index contributed by atoms with van der Waals surface area (Å²) in [6.45, 7) is 2.26. The summed E-state index contributed by atoms with van der Waals surface area (Å²) < 4.78 is 0. The van der Waals surface area contributed by atoms with Gasteiger partial charge >= 0.3 is 0 Å². The molecule has 4 nitrogen and oxygen atoms in total. The highest BCUT2D eigenvalue weighted by Crippen LogP contribution is 2.15. The highest BCUT2D eigenvalue weighted by Gasteiger charge is 1.96. The van der Waals surface area contributed by atoms with E-state index in [0.717, 1.165) is 11.1 Å². The summed E-state index contributed by atoms with van der Waals surface area (Å²) >= 11 is 5.84. The van der Waals surface area contributed by atoms with E-state index in [0.29, 0.717) is 11.7 Å². The van der Waals surface area contributed by atoms with Gasteiger partial charge in [0.15, 0.2) is 0 Å². The molecule has 0 atom stereocenters. The van der Waals surface area contributed by atoms with Crippen LogP contribution in [0.4, 0.5) is 0 Å². The molecular formula is C9H9ClN4. The number of rotatable bonds is 3. The summed E-state index contributed by atoms with van der Waals surface area (Å²) in [5.41, 5.74) is 9.92. The van der Waals surface area contributed by atoms with Gasteiger partial charge in [-0.3, -0.25) is 0 Å². The quantitative estimate of drug-likeness (QED) is 0.325. The SMILES string of the molecule is Cc1cnc(Cl)c(C=CCN=[N+]=[N-])c1. The summed E-state index contributed by atoms with van der Waals surface area (Å²) in [6.07, 6.45) is 5.23. The van der Waals surface area contributed by atoms with Crippen LogP contribution in [0.2, 0.25) is 5.15 Å². The van der Waals surface area contributed by atoms with Gasteiger partial charge < -0.3 is 0 Å². The minimum atomic E-state index is 0.320. The van der Waals surface area contributed by atoms with Gasteiger partial charge in [0.25, 0.3) is 0 Å². The summed E-state index contributed by atoms with van der Waals surface area (Å²) in [5.74, 6) is 0. The van der Waals surface area contributed by atoms with Gasteiger partial charge in [-0.15, -0.1) is 0 Å². The van der Waals surface area contributed by atoms with Crippen molar-refractivity contribution in [3.05, 3.63) is 45.1 Å². The fourth-order valence-electron chi connectivity index (χ4n) is 0.955. The lowest BCUT2D eigenvalue weighted by atomic mass is 10.2. The predicted octanol–water partition coefficient (Wildman–Crippen LogP) is 3.37. The molecule has 0 aliphatic rings. The molecule has 5 heteroatoms. The first-order valence-corrected chi connectivity index (χ1v) is 4.41. The minimum Gasteiger partial charge on any atom is -0.244 e. The molecule has 0 radical (unpaired) electrons. The van der Waals surface area contributed by atoms with E-state index in [2.05, 4.69) is 15.0 Å². The van der Waals surface area contributed by atoms with Crippen LogP contribution in [0.25, 0.3) is 16.5 Å². The number of azide groups is 1. The average molecular weight is 209 g/mol. The van der Waals surface area contributed by atoms with Crippen molar-refractivity contribution in [1.29, 1.82) is 0 Å². The molecule has 1 heterocycles. The maximum Gasteiger partial charge on any atom is 0.136 e. The Labute approximate surface area is 86.9 Å². The first kappa shape index (κ1) is 10.6. The fraction of sp³-hybridized carbons (Fsp3) is 0.222. The van der Waals surface area contributed by atoms with Crippen LogP contribution < -0.4 is 0 Å². The fourth-order valence-corrected chi connectivity index (χ4v) is 1.12. The zero-order valence-electron chi connectivity index (χ0n) is 7.68. The molecule has 0 saturated carbocycles. The first-order valence-electron chi connectivity index (χ1n) is 4.03. The molecule has 0 saturated heterocycles. The van der Waals surface area contributed by atoms with E-state index in [1.807, 2.05) is 13.0 Å². The molecule has 0 unspecified atom stereocenters. The predicted molar refractivity (Wildman–Crippen MR) is 57.0 cm³/mol. The smallest absolute Gasteiger partial charge is 0.136 e. The monoisotopic (exact) mass is 208 g/mol. The van der Waals surface area contributed by atoms with Gasteiger partial charge in [0.1, 0.15) is 5.15 Å². The highest BCUT2D eigenvalue weighted by atomic mass is 35.5. The topological polar surface area (TPSA) is 61.7 Å². The normalized spacial score (nSPS) is 10.1. The van der Waals surface area contributed by atoms with Gasteiger partial charge in [0.05, 0.1) is 0 Å². The Kier molecular flexibility index (Phi) is 3.98. The van der Waals surface area contributed by atoms with Gasteiger partial charge in [0.2, 0.25) is 0 Å². The minimum absolute atomic E-state index is 0.320. The van der Waals surface area contributed by atoms with Crippen molar-refractivity contribution >= 4 is 17.7 Å². The van der Waals surface area contributed by atoms with Crippen molar-refractivity contribution in [2.45, 2.75) is 6.92 Å². The molecule has 1 rings (SSSR count). The molecule has 0 aromatic carbocycles. The maximum atomic E-state index is 8.05. The number of pyridine rings is 1. The molecule has 0 bridgehead atoms. The molecule has 72 valence electrons. The summed E-state index contributed by atoms with van der Waals surface area (Å²) in [5, 5.41) is 3.82. The van der Waals surface area contributed by atoms with Crippen molar-refractivity contribution in [3.63, 3.8) is 0 Å². The standard InChI is InChI=1S/C9H9ClN4/c1-7-5-8(9(10)12-6-7)3-2-4-13-14-11/h2-3,5-6H,4H2,1H3. The molecule has 0 N–H and O–H groups in total. The molecule has 0 amide bonds. The lowest BCUT2D eigenvalue weighted by Gasteiger charge is -1.97. The van der Waals surface area contributed by atoms with E-state index in [-0.39, 0.29) is 0 Å². The molecule has 0 fully saturated rings. The second-order valence-corrected chi connectivity index (χ2v) is 3.07. The van der Waals surface area contributed by atoms with E-state index >= 15 is 0 Å².